The van der Waals surface area contributed by atoms with E-state index in [9.17, 15) is 14.7 Å². The molecule has 6 heteroatoms. The van der Waals surface area contributed by atoms with E-state index in [1.165, 1.54) is 24.3 Å². The van der Waals surface area contributed by atoms with Crippen molar-refractivity contribution in [1.82, 2.24) is 0 Å². The second-order valence-electron chi connectivity index (χ2n) is 5.34. The Bertz CT molecular complexity index is 468. The summed E-state index contributed by atoms with van der Waals surface area (Å²) in [5.74, 6) is -1.09. The molecule has 0 fully saturated rings. The number of hydrogen-bond acceptors (Lipinski definition) is 6. The van der Waals surface area contributed by atoms with Crippen molar-refractivity contribution in [3.05, 3.63) is 37.0 Å². The average Bonchev–Trinajstić information content (AvgIpc) is 2.50. The highest BCUT2D eigenvalue weighted by Gasteiger charge is 2.20. The van der Waals surface area contributed by atoms with Crippen molar-refractivity contribution >= 4 is 11.9 Å². The van der Waals surface area contributed by atoms with Gasteiger partial charge in [-0.25, -0.2) is 9.59 Å². The van der Waals surface area contributed by atoms with E-state index in [2.05, 4.69) is 6.58 Å². The Kier molecular flexibility index (Phi) is 8.29. The first kappa shape index (κ1) is 19.1. The standard InChI is InChI=1S/C17H24O6/c1-4-11-21-15-8-10-16(19)22-12(2)5-6-14(18)7-9-17(20)23-13(15)3/h4,7-10,12-15,18H,1,5-6,11H2,2-3H3/b9-7+,10-8+/t12-,13-,14+,15+/m1/s1. The highest BCUT2D eigenvalue weighted by Crippen LogP contribution is 2.11. The fraction of sp³-hybridized carbons (Fsp3) is 0.529. The average molecular weight is 324 g/mol. The Morgan fingerprint density at radius 2 is 1.87 bits per heavy atom. The Balaban J connectivity index is 2.89. The maximum absolute atomic E-state index is 11.8. The minimum atomic E-state index is -0.801. The van der Waals surface area contributed by atoms with E-state index in [1.54, 1.807) is 19.9 Å². The van der Waals surface area contributed by atoms with Crippen LogP contribution in [0.2, 0.25) is 0 Å². The van der Waals surface area contributed by atoms with Crippen molar-refractivity contribution in [2.45, 2.75) is 51.1 Å². The molecule has 0 unspecified atom stereocenters. The van der Waals surface area contributed by atoms with E-state index >= 15 is 0 Å². The molecular formula is C17H24O6. The lowest BCUT2D eigenvalue weighted by Gasteiger charge is -2.21. The predicted octanol–water partition coefficient (Wildman–Crippen LogP) is 1.69. The van der Waals surface area contributed by atoms with Gasteiger partial charge in [0.1, 0.15) is 12.2 Å². The highest BCUT2D eigenvalue weighted by atomic mass is 16.6. The molecule has 1 aliphatic heterocycles. The predicted molar refractivity (Wildman–Crippen MR) is 84.6 cm³/mol. The molecule has 4 atom stereocenters. The third-order valence-electron chi connectivity index (χ3n) is 3.23. The van der Waals surface area contributed by atoms with Gasteiger partial charge in [0.2, 0.25) is 0 Å². The molecule has 0 saturated carbocycles. The number of carbonyl (C=O) groups excluding carboxylic acids is 2. The van der Waals surface area contributed by atoms with Gasteiger partial charge in [-0.3, -0.25) is 0 Å². The van der Waals surface area contributed by atoms with Crippen molar-refractivity contribution in [1.29, 1.82) is 0 Å². The topological polar surface area (TPSA) is 82.1 Å². The van der Waals surface area contributed by atoms with Gasteiger partial charge in [-0.05, 0) is 38.8 Å². The van der Waals surface area contributed by atoms with Crippen LogP contribution in [0.1, 0.15) is 26.7 Å². The number of rotatable bonds is 3. The van der Waals surface area contributed by atoms with Crippen LogP contribution in [0.15, 0.2) is 37.0 Å². The van der Waals surface area contributed by atoms with Gasteiger partial charge in [-0.1, -0.05) is 6.08 Å². The van der Waals surface area contributed by atoms with Gasteiger partial charge in [0.15, 0.2) is 0 Å². The lowest BCUT2D eigenvalue weighted by atomic mass is 10.1. The fourth-order valence-corrected chi connectivity index (χ4v) is 1.98. The van der Waals surface area contributed by atoms with Gasteiger partial charge in [-0.15, -0.1) is 6.58 Å². The first-order valence-electron chi connectivity index (χ1n) is 7.60. The smallest absolute Gasteiger partial charge is 0.330 e. The summed E-state index contributed by atoms with van der Waals surface area (Å²) in [4.78, 5) is 23.5. The second kappa shape index (κ2) is 9.97. The van der Waals surface area contributed by atoms with Gasteiger partial charge < -0.3 is 19.3 Å². The van der Waals surface area contributed by atoms with E-state index in [4.69, 9.17) is 14.2 Å². The molecule has 0 spiro atoms. The minimum Gasteiger partial charge on any atom is -0.460 e. The molecule has 0 aromatic rings. The maximum atomic E-state index is 11.8. The van der Waals surface area contributed by atoms with Gasteiger partial charge in [0.25, 0.3) is 0 Å². The van der Waals surface area contributed by atoms with Crippen LogP contribution < -0.4 is 0 Å². The lowest BCUT2D eigenvalue weighted by molar-refractivity contribution is -0.147. The number of esters is 2. The van der Waals surface area contributed by atoms with E-state index in [-0.39, 0.29) is 12.7 Å². The molecule has 1 rings (SSSR count). The van der Waals surface area contributed by atoms with Crippen molar-refractivity contribution in [3.63, 3.8) is 0 Å². The quantitative estimate of drug-likeness (QED) is 0.628. The zero-order valence-electron chi connectivity index (χ0n) is 13.5. The molecule has 0 saturated heterocycles. The molecule has 6 nitrogen and oxygen atoms in total. The van der Waals surface area contributed by atoms with Crippen molar-refractivity contribution < 1.29 is 28.9 Å². The van der Waals surface area contributed by atoms with Crippen LogP contribution in [0, 0.1) is 0 Å². The molecule has 1 aliphatic rings. The number of aliphatic hydroxyl groups excluding tert-OH is 1. The van der Waals surface area contributed by atoms with Gasteiger partial charge >= 0.3 is 11.9 Å². The van der Waals surface area contributed by atoms with Crippen molar-refractivity contribution in [3.8, 4) is 0 Å². The molecule has 1 heterocycles. The Morgan fingerprint density at radius 1 is 1.22 bits per heavy atom. The first-order valence-corrected chi connectivity index (χ1v) is 7.60. The number of carbonyl (C=O) groups is 2. The zero-order chi connectivity index (χ0) is 17.2. The second-order valence-corrected chi connectivity index (χ2v) is 5.34. The summed E-state index contributed by atoms with van der Waals surface area (Å²) < 4.78 is 15.9. The van der Waals surface area contributed by atoms with Crippen LogP contribution >= 0.6 is 0 Å². The molecule has 128 valence electrons. The van der Waals surface area contributed by atoms with Gasteiger partial charge in [0.05, 0.1) is 18.8 Å². The van der Waals surface area contributed by atoms with Crippen LogP contribution in [0.5, 0.6) is 0 Å². The third kappa shape index (κ3) is 7.76. The van der Waals surface area contributed by atoms with Crippen LogP contribution in [-0.2, 0) is 23.8 Å². The van der Waals surface area contributed by atoms with E-state index in [1.807, 2.05) is 0 Å². The van der Waals surface area contributed by atoms with Crippen molar-refractivity contribution in [2.24, 2.45) is 0 Å². The van der Waals surface area contributed by atoms with E-state index in [0.29, 0.717) is 12.8 Å². The zero-order valence-corrected chi connectivity index (χ0v) is 13.5. The normalized spacial score (nSPS) is 33.0. The van der Waals surface area contributed by atoms with E-state index < -0.39 is 30.3 Å². The summed E-state index contributed by atoms with van der Waals surface area (Å²) in [6, 6.07) is 0. The summed E-state index contributed by atoms with van der Waals surface area (Å²) in [6.45, 7) is 7.20. The Morgan fingerprint density at radius 3 is 2.57 bits per heavy atom. The number of aliphatic hydroxyl groups is 1. The Hall–Kier alpha value is -1.92. The maximum Gasteiger partial charge on any atom is 0.330 e. The summed E-state index contributed by atoms with van der Waals surface area (Å²) in [7, 11) is 0. The van der Waals surface area contributed by atoms with Gasteiger partial charge in [0, 0.05) is 12.2 Å². The molecule has 1 N–H and O–H groups in total. The van der Waals surface area contributed by atoms with Crippen molar-refractivity contribution in [2.75, 3.05) is 6.61 Å². The molecule has 0 aliphatic carbocycles. The van der Waals surface area contributed by atoms with Crippen LogP contribution in [0.25, 0.3) is 0 Å². The third-order valence-corrected chi connectivity index (χ3v) is 3.23. The molecule has 0 amide bonds. The SMILES string of the molecule is C=CCO[C@H]1/C=C/C(=O)O[C@H](C)CC[C@H](O)/C=C/C(=O)O[C@@H]1C. The monoisotopic (exact) mass is 324 g/mol. The first-order chi connectivity index (χ1) is 10.9. The number of hydrogen-bond donors (Lipinski definition) is 1. The fourth-order valence-electron chi connectivity index (χ4n) is 1.98. The summed E-state index contributed by atoms with van der Waals surface area (Å²) in [5, 5.41) is 9.77. The molecule has 0 radical (unpaired) electrons. The molecular weight excluding hydrogens is 300 g/mol. The van der Waals surface area contributed by atoms with Crippen LogP contribution in [0.4, 0.5) is 0 Å². The largest absolute Gasteiger partial charge is 0.460 e. The Labute approximate surface area is 136 Å². The van der Waals surface area contributed by atoms with E-state index in [0.717, 1.165) is 0 Å². The molecule has 0 bridgehead atoms. The van der Waals surface area contributed by atoms with Gasteiger partial charge in [-0.2, -0.15) is 0 Å². The molecule has 0 aromatic heterocycles. The van der Waals surface area contributed by atoms with Crippen LogP contribution in [-0.4, -0.2) is 48.1 Å². The molecule has 0 aromatic carbocycles. The highest BCUT2D eigenvalue weighted by molar-refractivity contribution is 5.83. The summed E-state index contributed by atoms with van der Waals surface area (Å²) in [5.41, 5.74) is 0. The minimum absolute atomic E-state index is 0.247. The number of cyclic esters (lactones) is 2. The summed E-state index contributed by atoms with van der Waals surface area (Å²) >= 11 is 0. The molecule has 23 heavy (non-hydrogen) atoms. The van der Waals surface area contributed by atoms with Crippen LogP contribution in [0.3, 0.4) is 0 Å². The summed E-state index contributed by atoms with van der Waals surface area (Å²) in [6.07, 6.45) is 5.37. The lowest BCUT2D eigenvalue weighted by Crippen LogP contribution is -2.30. The number of ether oxygens (including phenoxy) is 3.